The summed E-state index contributed by atoms with van der Waals surface area (Å²) in [4.78, 5) is 0. The summed E-state index contributed by atoms with van der Waals surface area (Å²) in [5.41, 5.74) is 0. The topological polar surface area (TPSA) is 12.0 Å². The highest BCUT2D eigenvalue weighted by molar-refractivity contribution is 4.78. The predicted octanol–water partition coefficient (Wildman–Crippen LogP) is 3.30. The van der Waals surface area contributed by atoms with Crippen LogP contribution in [0.2, 0.25) is 0 Å². The molecule has 3 unspecified atom stereocenters. The molecule has 1 aliphatic rings. The molecular weight excluding hydrogens is 170 g/mol. The summed E-state index contributed by atoms with van der Waals surface area (Å²) in [6, 6.07) is 0. The number of hydrogen-bond donors (Lipinski definition) is 1. The second kappa shape index (κ2) is 5.75. The van der Waals surface area contributed by atoms with Crippen molar-refractivity contribution < 1.29 is 0 Å². The first-order valence-electron chi connectivity index (χ1n) is 6.28. The van der Waals surface area contributed by atoms with Gasteiger partial charge in [-0.15, -0.1) is 0 Å². The minimum absolute atomic E-state index is 0.910. The first kappa shape index (κ1) is 12.0. The molecule has 1 nitrogen and oxygen atoms in total. The zero-order valence-corrected chi connectivity index (χ0v) is 10.3. The van der Waals surface area contributed by atoms with Gasteiger partial charge in [0.05, 0.1) is 0 Å². The van der Waals surface area contributed by atoms with E-state index in [1.807, 2.05) is 0 Å². The number of rotatable bonds is 4. The van der Waals surface area contributed by atoms with Crippen molar-refractivity contribution in [2.24, 2.45) is 23.7 Å². The highest BCUT2D eigenvalue weighted by atomic mass is 14.8. The molecule has 1 N–H and O–H groups in total. The third-order valence-electron chi connectivity index (χ3n) is 3.87. The Morgan fingerprint density at radius 2 is 1.71 bits per heavy atom. The van der Waals surface area contributed by atoms with Gasteiger partial charge in [0, 0.05) is 0 Å². The summed E-state index contributed by atoms with van der Waals surface area (Å²) in [7, 11) is 2.05. The molecule has 0 aromatic rings. The van der Waals surface area contributed by atoms with Crippen molar-refractivity contribution >= 4 is 0 Å². The van der Waals surface area contributed by atoms with Gasteiger partial charge < -0.3 is 5.32 Å². The van der Waals surface area contributed by atoms with Gasteiger partial charge in [-0.05, 0) is 62.9 Å². The van der Waals surface area contributed by atoms with Crippen molar-refractivity contribution in [3.05, 3.63) is 0 Å². The van der Waals surface area contributed by atoms with Crippen molar-refractivity contribution in [2.75, 3.05) is 13.6 Å². The van der Waals surface area contributed by atoms with Gasteiger partial charge in [-0.2, -0.15) is 0 Å². The Kier molecular flexibility index (Phi) is 4.94. The zero-order chi connectivity index (χ0) is 10.6. The van der Waals surface area contributed by atoms with Gasteiger partial charge in [0.15, 0.2) is 0 Å². The minimum Gasteiger partial charge on any atom is -0.320 e. The van der Waals surface area contributed by atoms with Crippen LogP contribution in [0.4, 0.5) is 0 Å². The predicted molar refractivity (Wildman–Crippen MR) is 63.4 cm³/mol. The molecular formula is C13H27N. The second-order valence-electron chi connectivity index (χ2n) is 5.55. The molecule has 0 aromatic heterocycles. The van der Waals surface area contributed by atoms with Crippen molar-refractivity contribution in [3.63, 3.8) is 0 Å². The van der Waals surface area contributed by atoms with Crippen LogP contribution in [0.5, 0.6) is 0 Å². The average molecular weight is 197 g/mol. The lowest BCUT2D eigenvalue weighted by molar-refractivity contribution is 0.163. The van der Waals surface area contributed by atoms with Crippen LogP contribution >= 0.6 is 0 Å². The monoisotopic (exact) mass is 197 g/mol. The lowest BCUT2D eigenvalue weighted by atomic mass is 9.71. The van der Waals surface area contributed by atoms with E-state index in [2.05, 4.69) is 33.1 Å². The first-order valence-corrected chi connectivity index (χ1v) is 6.28. The third-order valence-corrected chi connectivity index (χ3v) is 3.87. The van der Waals surface area contributed by atoms with Gasteiger partial charge >= 0.3 is 0 Å². The van der Waals surface area contributed by atoms with Crippen LogP contribution in [0.1, 0.15) is 46.5 Å². The Morgan fingerprint density at radius 3 is 2.21 bits per heavy atom. The molecule has 1 rings (SSSR count). The Morgan fingerprint density at radius 1 is 1.14 bits per heavy atom. The van der Waals surface area contributed by atoms with Gasteiger partial charge in [-0.1, -0.05) is 20.8 Å². The van der Waals surface area contributed by atoms with Crippen molar-refractivity contribution in [2.45, 2.75) is 46.5 Å². The lowest BCUT2D eigenvalue weighted by Gasteiger charge is -2.35. The van der Waals surface area contributed by atoms with Crippen LogP contribution in [-0.4, -0.2) is 13.6 Å². The molecule has 1 fully saturated rings. The van der Waals surface area contributed by atoms with E-state index in [1.165, 1.54) is 32.2 Å². The quantitative estimate of drug-likeness (QED) is 0.729. The molecule has 0 bridgehead atoms. The molecule has 0 heterocycles. The fraction of sp³-hybridized carbons (Fsp3) is 1.00. The number of hydrogen-bond acceptors (Lipinski definition) is 1. The smallest absolute Gasteiger partial charge is 0.00493 e. The summed E-state index contributed by atoms with van der Waals surface area (Å²) < 4.78 is 0. The van der Waals surface area contributed by atoms with Crippen LogP contribution in [0.15, 0.2) is 0 Å². The fourth-order valence-electron chi connectivity index (χ4n) is 3.08. The second-order valence-corrected chi connectivity index (χ2v) is 5.55. The molecule has 0 amide bonds. The van der Waals surface area contributed by atoms with Crippen LogP contribution in [0.3, 0.4) is 0 Å². The third kappa shape index (κ3) is 3.61. The summed E-state index contributed by atoms with van der Waals surface area (Å²) in [5, 5.41) is 3.26. The minimum atomic E-state index is 0.910. The largest absolute Gasteiger partial charge is 0.320 e. The Balaban J connectivity index is 2.34. The molecule has 3 atom stereocenters. The molecule has 1 aliphatic carbocycles. The Labute approximate surface area is 89.7 Å². The first-order chi connectivity index (χ1) is 6.63. The maximum Gasteiger partial charge on any atom is -0.00493 e. The summed E-state index contributed by atoms with van der Waals surface area (Å²) in [5.74, 6) is 3.82. The Bertz CT molecular complexity index is 145. The molecule has 1 heteroatoms. The van der Waals surface area contributed by atoms with Gasteiger partial charge in [-0.25, -0.2) is 0 Å². The van der Waals surface area contributed by atoms with Crippen molar-refractivity contribution in [1.82, 2.24) is 5.32 Å². The Hall–Kier alpha value is -0.0400. The van der Waals surface area contributed by atoms with Crippen LogP contribution in [0, 0.1) is 23.7 Å². The van der Waals surface area contributed by atoms with E-state index in [4.69, 9.17) is 0 Å². The van der Waals surface area contributed by atoms with E-state index >= 15 is 0 Å². The lowest BCUT2D eigenvalue weighted by Crippen LogP contribution is -2.26. The highest BCUT2D eigenvalue weighted by Crippen LogP contribution is 2.37. The van der Waals surface area contributed by atoms with E-state index in [0.29, 0.717) is 0 Å². The molecule has 0 spiro atoms. The normalized spacial score (nSPS) is 35.6. The maximum atomic E-state index is 3.26. The molecule has 0 radical (unpaired) electrons. The van der Waals surface area contributed by atoms with Crippen LogP contribution in [0.25, 0.3) is 0 Å². The molecule has 14 heavy (non-hydrogen) atoms. The van der Waals surface area contributed by atoms with Gasteiger partial charge in [0.1, 0.15) is 0 Å². The molecule has 0 aliphatic heterocycles. The average Bonchev–Trinajstić information content (AvgIpc) is 2.12. The standard InChI is InChI=1S/C13H27N/c1-10-7-11(2)9-13(8-10)12(3)5-6-14-4/h10-14H,5-9H2,1-4H3. The summed E-state index contributed by atoms with van der Waals surface area (Å²) >= 11 is 0. The van der Waals surface area contributed by atoms with E-state index in [0.717, 1.165) is 23.7 Å². The molecule has 0 saturated heterocycles. The van der Waals surface area contributed by atoms with Gasteiger partial charge in [0.2, 0.25) is 0 Å². The zero-order valence-electron chi connectivity index (χ0n) is 10.3. The van der Waals surface area contributed by atoms with Crippen molar-refractivity contribution in [3.8, 4) is 0 Å². The van der Waals surface area contributed by atoms with Crippen molar-refractivity contribution in [1.29, 1.82) is 0 Å². The summed E-state index contributed by atoms with van der Waals surface area (Å²) in [6.07, 6.45) is 5.74. The molecule has 84 valence electrons. The van der Waals surface area contributed by atoms with E-state index in [1.54, 1.807) is 0 Å². The van der Waals surface area contributed by atoms with E-state index in [9.17, 15) is 0 Å². The fourth-order valence-corrected chi connectivity index (χ4v) is 3.08. The van der Waals surface area contributed by atoms with Crippen LogP contribution in [-0.2, 0) is 0 Å². The molecule has 0 aromatic carbocycles. The van der Waals surface area contributed by atoms with E-state index in [-0.39, 0.29) is 0 Å². The summed E-state index contributed by atoms with van der Waals surface area (Å²) in [6.45, 7) is 8.47. The SMILES string of the molecule is CNCCC(C)C1CC(C)CC(C)C1. The van der Waals surface area contributed by atoms with Crippen LogP contribution < -0.4 is 5.32 Å². The maximum absolute atomic E-state index is 3.26. The van der Waals surface area contributed by atoms with Gasteiger partial charge in [0.25, 0.3) is 0 Å². The van der Waals surface area contributed by atoms with Gasteiger partial charge in [-0.3, -0.25) is 0 Å². The number of nitrogens with one attached hydrogen (secondary N) is 1. The highest BCUT2D eigenvalue weighted by Gasteiger charge is 2.27. The molecule has 1 saturated carbocycles. The van der Waals surface area contributed by atoms with E-state index < -0.39 is 0 Å².